The monoisotopic (exact) mass is 165 g/mol. The Labute approximate surface area is 69.6 Å². The Kier molecular flexibility index (Phi) is 2.44. The molecule has 1 aliphatic heterocycles. The van der Waals surface area contributed by atoms with Gasteiger partial charge in [-0.3, -0.25) is 4.99 Å². The SMILES string of the molecule is C[Si](C)(C)C=C1C=NC=CC1. The van der Waals surface area contributed by atoms with Gasteiger partial charge in [0.25, 0.3) is 0 Å². The maximum atomic E-state index is 4.09. The number of hydrogen-bond acceptors (Lipinski definition) is 1. The van der Waals surface area contributed by atoms with Crippen LogP contribution < -0.4 is 0 Å². The third-order valence-electron chi connectivity index (χ3n) is 1.40. The summed E-state index contributed by atoms with van der Waals surface area (Å²) in [5, 5.41) is 0. The first kappa shape index (κ1) is 8.46. The van der Waals surface area contributed by atoms with E-state index in [0.29, 0.717) is 0 Å². The summed E-state index contributed by atoms with van der Waals surface area (Å²) < 4.78 is 0. The highest BCUT2D eigenvalue weighted by molar-refractivity contribution is 6.81. The summed E-state index contributed by atoms with van der Waals surface area (Å²) in [5.74, 6) is 0. The molecule has 1 heterocycles. The highest BCUT2D eigenvalue weighted by Gasteiger charge is 2.09. The molecule has 0 aromatic rings. The highest BCUT2D eigenvalue weighted by atomic mass is 28.3. The lowest BCUT2D eigenvalue weighted by Gasteiger charge is -2.11. The van der Waals surface area contributed by atoms with Crippen LogP contribution in [0.5, 0.6) is 0 Å². The van der Waals surface area contributed by atoms with Crippen molar-refractivity contribution in [3.63, 3.8) is 0 Å². The standard InChI is InChI=1S/C9H15NSi/c1-11(2,3)8-9-5-4-6-10-7-9/h4,6-8H,5H2,1-3H3. The average Bonchev–Trinajstić information content (AvgIpc) is 1.85. The van der Waals surface area contributed by atoms with E-state index < -0.39 is 8.07 Å². The molecule has 0 bridgehead atoms. The van der Waals surface area contributed by atoms with Crippen LogP contribution in [0.15, 0.2) is 28.5 Å². The Bertz CT molecular complexity index is 218. The van der Waals surface area contributed by atoms with Crippen molar-refractivity contribution in [2.24, 2.45) is 4.99 Å². The van der Waals surface area contributed by atoms with Crippen LogP contribution in [-0.4, -0.2) is 14.3 Å². The van der Waals surface area contributed by atoms with E-state index in [9.17, 15) is 0 Å². The van der Waals surface area contributed by atoms with Gasteiger partial charge in [-0.2, -0.15) is 0 Å². The van der Waals surface area contributed by atoms with E-state index in [1.54, 1.807) is 0 Å². The third kappa shape index (κ3) is 3.32. The molecule has 1 nitrogen and oxygen atoms in total. The first-order valence-corrected chi connectivity index (χ1v) is 7.55. The van der Waals surface area contributed by atoms with Crippen molar-refractivity contribution in [2.75, 3.05) is 0 Å². The summed E-state index contributed by atoms with van der Waals surface area (Å²) in [6.45, 7) is 7.02. The van der Waals surface area contributed by atoms with E-state index in [1.165, 1.54) is 5.57 Å². The third-order valence-corrected chi connectivity index (χ3v) is 2.64. The van der Waals surface area contributed by atoms with Crippen molar-refractivity contribution in [1.29, 1.82) is 0 Å². The molecule has 0 aromatic heterocycles. The van der Waals surface area contributed by atoms with Crippen molar-refractivity contribution in [1.82, 2.24) is 0 Å². The van der Waals surface area contributed by atoms with Gasteiger partial charge in [0, 0.05) is 12.4 Å². The first-order valence-electron chi connectivity index (χ1n) is 3.98. The highest BCUT2D eigenvalue weighted by Crippen LogP contribution is 2.11. The van der Waals surface area contributed by atoms with Crippen LogP contribution in [-0.2, 0) is 0 Å². The second-order valence-electron chi connectivity index (χ2n) is 3.95. The number of aliphatic imine (C=N–C) groups is 1. The van der Waals surface area contributed by atoms with E-state index in [1.807, 2.05) is 12.4 Å². The Balaban J connectivity index is 2.69. The van der Waals surface area contributed by atoms with E-state index in [2.05, 4.69) is 36.4 Å². The fourth-order valence-electron chi connectivity index (χ4n) is 1.09. The van der Waals surface area contributed by atoms with Crippen molar-refractivity contribution in [3.8, 4) is 0 Å². The Hall–Kier alpha value is -0.633. The molecule has 0 N–H and O–H groups in total. The molecule has 0 unspecified atom stereocenters. The lowest BCUT2D eigenvalue weighted by molar-refractivity contribution is 1.27. The molecule has 11 heavy (non-hydrogen) atoms. The number of allylic oxidation sites excluding steroid dienone is 2. The molecule has 0 atom stereocenters. The van der Waals surface area contributed by atoms with Crippen LogP contribution in [0.4, 0.5) is 0 Å². The fraction of sp³-hybridized carbons (Fsp3) is 0.444. The Morgan fingerprint density at radius 2 is 2.18 bits per heavy atom. The van der Waals surface area contributed by atoms with Crippen molar-refractivity contribution in [2.45, 2.75) is 26.1 Å². The number of hydrogen-bond donors (Lipinski definition) is 0. The lowest BCUT2D eigenvalue weighted by atomic mass is 10.2. The van der Waals surface area contributed by atoms with E-state index in [-0.39, 0.29) is 0 Å². The number of rotatable bonds is 1. The minimum Gasteiger partial charge on any atom is -0.265 e. The molecule has 0 saturated carbocycles. The molecule has 2 heteroatoms. The van der Waals surface area contributed by atoms with Gasteiger partial charge < -0.3 is 0 Å². The summed E-state index contributed by atoms with van der Waals surface area (Å²) in [7, 11) is -1.03. The molecule has 1 aliphatic rings. The molecular weight excluding hydrogens is 150 g/mol. The zero-order chi connectivity index (χ0) is 8.32. The maximum Gasteiger partial charge on any atom is 0.0691 e. The van der Waals surface area contributed by atoms with Crippen LogP contribution >= 0.6 is 0 Å². The maximum absolute atomic E-state index is 4.09. The van der Waals surface area contributed by atoms with Gasteiger partial charge in [0.1, 0.15) is 0 Å². The van der Waals surface area contributed by atoms with Gasteiger partial charge in [-0.05, 0) is 12.0 Å². The van der Waals surface area contributed by atoms with Gasteiger partial charge in [0.05, 0.1) is 8.07 Å². The second-order valence-corrected chi connectivity index (χ2v) is 8.97. The van der Waals surface area contributed by atoms with Gasteiger partial charge in [-0.1, -0.05) is 31.4 Å². The lowest BCUT2D eigenvalue weighted by Crippen LogP contribution is -2.17. The molecular formula is C9H15NSi. The Morgan fingerprint density at radius 3 is 2.64 bits per heavy atom. The molecule has 60 valence electrons. The normalized spacial score (nSPS) is 21.2. The summed E-state index contributed by atoms with van der Waals surface area (Å²) in [6, 6.07) is 0. The molecule has 0 aliphatic carbocycles. The van der Waals surface area contributed by atoms with Gasteiger partial charge in [-0.15, -0.1) is 0 Å². The van der Waals surface area contributed by atoms with Crippen molar-refractivity contribution >= 4 is 14.3 Å². The molecule has 1 rings (SSSR count). The summed E-state index contributed by atoms with van der Waals surface area (Å²) in [4.78, 5) is 4.09. The molecule has 0 aromatic carbocycles. The molecule has 0 saturated heterocycles. The smallest absolute Gasteiger partial charge is 0.0691 e. The van der Waals surface area contributed by atoms with Gasteiger partial charge in [0.2, 0.25) is 0 Å². The fourth-order valence-corrected chi connectivity index (χ4v) is 2.40. The summed E-state index contributed by atoms with van der Waals surface area (Å²) in [6.07, 6.45) is 7.00. The van der Waals surface area contributed by atoms with Crippen LogP contribution in [0.3, 0.4) is 0 Å². The van der Waals surface area contributed by atoms with Crippen molar-refractivity contribution < 1.29 is 0 Å². The Morgan fingerprint density at radius 1 is 1.45 bits per heavy atom. The second kappa shape index (κ2) is 3.18. The molecule has 0 radical (unpaired) electrons. The molecule has 0 spiro atoms. The topological polar surface area (TPSA) is 12.4 Å². The largest absolute Gasteiger partial charge is 0.265 e. The minimum atomic E-state index is -1.03. The summed E-state index contributed by atoms with van der Waals surface area (Å²) in [5.41, 5.74) is 3.78. The predicted molar refractivity (Wildman–Crippen MR) is 53.7 cm³/mol. The van der Waals surface area contributed by atoms with Gasteiger partial charge in [-0.25, -0.2) is 0 Å². The van der Waals surface area contributed by atoms with Crippen LogP contribution in [0.1, 0.15) is 6.42 Å². The van der Waals surface area contributed by atoms with Crippen LogP contribution in [0.25, 0.3) is 0 Å². The van der Waals surface area contributed by atoms with Gasteiger partial charge >= 0.3 is 0 Å². The van der Waals surface area contributed by atoms with Crippen molar-refractivity contribution in [3.05, 3.63) is 23.5 Å². The predicted octanol–water partition coefficient (Wildman–Crippen LogP) is 2.78. The number of nitrogens with zero attached hydrogens (tertiary/aromatic N) is 1. The van der Waals surface area contributed by atoms with Crippen LogP contribution in [0.2, 0.25) is 19.6 Å². The molecule has 0 amide bonds. The summed E-state index contributed by atoms with van der Waals surface area (Å²) >= 11 is 0. The first-order chi connectivity index (χ1) is 5.08. The van der Waals surface area contributed by atoms with E-state index >= 15 is 0 Å². The van der Waals surface area contributed by atoms with E-state index in [0.717, 1.165) is 6.42 Å². The quantitative estimate of drug-likeness (QED) is 0.530. The van der Waals surface area contributed by atoms with E-state index in [4.69, 9.17) is 0 Å². The van der Waals surface area contributed by atoms with Crippen LogP contribution in [0, 0.1) is 0 Å². The average molecular weight is 165 g/mol. The minimum absolute atomic E-state index is 1.03. The van der Waals surface area contributed by atoms with Gasteiger partial charge in [0.15, 0.2) is 0 Å². The zero-order valence-corrected chi connectivity index (χ0v) is 8.46. The zero-order valence-electron chi connectivity index (χ0n) is 7.46. The molecule has 0 fully saturated rings.